The van der Waals surface area contributed by atoms with Gasteiger partial charge in [-0.3, -0.25) is 4.99 Å². The molecular formula is C17H27N5. The maximum absolute atomic E-state index is 4.63. The van der Waals surface area contributed by atoms with Crippen molar-refractivity contribution in [2.45, 2.75) is 40.2 Å². The Morgan fingerprint density at radius 2 is 2.05 bits per heavy atom. The third-order valence-corrected chi connectivity index (χ3v) is 4.12. The minimum absolute atomic E-state index is 0.670. The highest BCUT2D eigenvalue weighted by atomic mass is 15.2. The molecule has 5 nitrogen and oxygen atoms in total. The van der Waals surface area contributed by atoms with Gasteiger partial charge in [0, 0.05) is 25.5 Å². The number of hydrogen-bond donors (Lipinski definition) is 2. The van der Waals surface area contributed by atoms with Gasteiger partial charge in [0.05, 0.1) is 12.2 Å². The fraction of sp³-hybridized carbons (Fsp3) is 0.529. The van der Waals surface area contributed by atoms with Crippen molar-refractivity contribution in [2.75, 3.05) is 13.6 Å². The highest BCUT2D eigenvalue weighted by Gasteiger charge is 2.06. The summed E-state index contributed by atoms with van der Waals surface area (Å²) in [5.41, 5.74) is 3.18. The molecule has 2 aromatic rings. The minimum Gasteiger partial charge on any atom is -0.356 e. The number of aryl methyl sites for hydroxylation is 1. The third-order valence-electron chi connectivity index (χ3n) is 4.12. The number of aromatic nitrogens is 2. The van der Waals surface area contributed by atoms with E-state index in [1.54, 1.807) is 7.05 Å². The lowest BCUT2D eigenvalue weighted by Crippen LogP contribution is -2.39. The SMILES string of the molecule is CCC(CC)CNC(=NC)NCc1cn2c(C)cccc2n1. The molecule has 2 N–H and O–H groups in total. The van der Waals surface area contributed by atoms with Crippen LogP contribution in [-0.2, 0) is 6.54 Å². The van der Waals surface area contributed by atoms with Gasteiger partial charge in [0.25, 0.3) is 0 Å². The van der Waals surface area contributed by atoms with Crippen LogP contribution in [0.25, 0.3) is 5.65 Å². The first-order chi connectivity index (χ1) is 10.7. The van der Waals surface area contributed by atoms with E-state index in [9.17, 15) is 0 Å². The Morgan fingerprint density at radius 1 is 1.27 bits per heavy atom. The molecule has 0 saturated carbocycles. The van der Waals surface area contributed by atoms with E-state index in [0.29, 0.717) is 12.5 Å². The van der Waals surface area contributed by atoms with Gasteiger partial charge < -0.3 is 15.0 Å². The van der Waals surface area contributed by atoms with Gasteiger partial charge in [-0.25, -0.2) is 4.98 Å². The van der Waals surface area contributed by atoms with Gasteiger partial charge in [0.2, 0.25) is 0 Å². The smallest absolute Gasteiger partial charge is 0.191 e. The maximum atomic E-state index is 4.63. The van der Waals surface area contributed by atoms with Gasteiger partial charge in [-0.2, -0.15) is 0 Å². The zero-order valence-electron chi connectivity index (χ0n) is 14.1. The van der Waals surface area contributed by atoms with Crippen molar-refractivity contribution in [1.82, 2.24) is 20.0 Å². The van der Waals surface area contributed by atoms with E-state index in [0.717, 1.165) is 23.8 Å². The second-order valence-electron chi connectivity index (χ2n) is 5.62. The molecule has 120 valence electrons. The summed E-state index contributed by atoms with van der Waals surface area (Å²) < 4.78 is 2.11. The molecule has 2 rings (SSSR count). The lowest BCUT2D eigenvalue weighted by atomic mass is 10.0. The van der Waals surface area contributed by atoms with Crippen LogP contribution in [0.5, 0.6) is 0 Å². The molecule has 0 saturated heterocycles. The number of pyridine rings is 1. The predicted octanol–water partition coefficient (Wildman–Crippen LogP) is 2.74. The van der Waals surface area contributed by atoms with Crippen LogP contribution < -0.4 is 10.6 Å². The molecule has 0 atom stereocenters. The fourth-order valence-electron chi connectivity index (χ4n) is 2.50. The van der Waals surface area contributed by atoms with Crippen molar-refractivity contribution < 1.29 is 0 Å². The number of guanidine groups is 1. The molecule has 0 amide bonds. The summed E-state index contributed by atoms with van der Waals surface area (Å²) in [4.78, 5) is 8.90. The second kappa shape index (κ2) is 7.82. The van der Waals surface area contributed by atoms with E-state index < -0.39 is 0 Å². The van der Waals surface area contributed by atoms with Crippen LogP contribution in [0.3, 0.4) is 0 Å². The molecule has 0 radical (unpaired) electrons. The van der Waals surface area contributed by atoms with E-state index in [1.165, 1.54) is 18.5 Å². The third kappa shape index (κ3) is 4.00. The number of imidazole rings is 1. The fourth-order valence-corrected chi connectivity index (χ4v) is 2.50. The van der Waals surface area contributed by atoms with E-state index in [4.69, 9.17) is 0 Å². The molecule has 2 heterocycles. The largest absolute Gasteiger partial charge is 0.356 e. The zero-order valence-corrected chi connectivity index (χ0v) is 14.1. The summed E-state index contributed by atoms with van der Waals surface area (Å²) in [7, 11) is 1.80. The Morgan fingerprint density at radius 3 is 2.68 bits per heavy atom. The number of fused-ring (bicyclic) bond motifs is 1. The van der Waals surface area contributed by atoms with Crippen molar-refractivity contribution in [2.24, 2.45) is 10.9 Å². The van der Waals surface area contributed by atoms with Crippen molar-refractivity contribution >= 4 is 11.6 Å². The number of nitrogens with one attached hydrogen (secondary N) is 2. The summed E-state index contributed by atoms with van der Waals surface area (Å²) in [5, 5.41) is 6.72. The number of rotatable bonds is 6. The first kappa shape index (κ1) is 16.3. The molecule has 2 aromatic heterocycles. The van der Waals surface area contributed by atoms with Crippen LogP contribution in [0.15, 0.2) is 29.4 Å². The molecule has 0 unspecified atom stereocenters. The van der Waals surface area contributed by atoms with Crippen molar-refractivity contribution in [3.63, 3.8) is 0 Å². The topological polar surface area (TPSA) is 53.7 Å². The Kier molecular flexibility index (Phi) is 5.81. The Labute approximate surface area is 132 Å². The van der Waals surface area contributed by atoms with Gasteiger partial charge in [-0.15, -0.1) is 0 Å². The summed E-state index contributed by atoms with van der Waals surface area (Å²) in [6, 6.07) is 6.14. The lowest BCUT2D eigenvalue weighted by Gasteiger charge is -2.16. The average molecular weight is 301 g/mol. The summed E-state index contributed by atoms with van der Waals surface area (Å²) in [5.74, 6) is 1.53. The van der Waals surface area contributed by atoms with Gasteiger partial charge >= 0.3 is 0 Å². The Bertz CT molecular complexity index is 625. The lowest BCUT2D eigenvalue weighted by molar-refractivity contribution is 0.481. The first-order valence-electron chi connectivity index (χ1n) is 8.06. The average Bonchev–Trinajstić information content (AvgIpc) is 2.95. The quantitative estimate of drug-likeness (QED) is 0.637. The highest BCUT2D eigenvalue weighted by molar-refractivity contribution is 5.79. The molecule has 0 fully saturated rings. The van der Waals surface area contributed by atoms with Gasteiger partial charge in [0.15, 0.2) is 5.96 Å². The van der Waals surface area contributed by atoms with Crippen LogP contribution in [0, 0.1) is 12.8 Å². The Balaban J connectivity index is 1.93. The number of hydrogen-bond acceptors (Lipinski definition) is 2. The van der Waals surface area contributed by atoms with E-state index in [1.807, 2.05) is 12.1 Å². The van der Waals surface area contributed by atoms with Crippen molar-refractivity contribution in [3.8, 4) is 0 Å². The molecule has 0 aliphatic rings. The van der Waals surface area contributed by atoms with Crippen LogP contribution in [0.1, 0.15) is 38.1 Å². The predicted molar refractivity (Wildman–Crippen MR) is 92.2 cm³/mol. The molecule has 0 aromatic carbocycles. The minimum atomic E-state index is 0.670. The van der Waals surface area contributed by atoms with Gasteiger partial charge in [-0.1, -0.05) is 32.8 Å². The van der Waals surface area contributed by atoms with E-state index >= 15 is 0 Å². The van der Waals surface area contributed by atoms with Crippen LogP contribution >= 0.6 is 0 Å². The van der Waals surface area contributed by atoms with E-state index in [-0.39, 0.29) is 0 Å². The normalized spacial score (nSPS) is 12.1. The summed E-state index contributed by atoms with van der Waals surface area (Å²) >= 11 is 0. The first-order valence-corrected chi connectivity index (χ1v) is 8.06. The molecule has 22 heavy (non-hydrogen) atoms. The van der Waals surface area contributed by atoms with Gasteiger partial charge in [0.1, 0.15) is 5.65 Å². The van der Waals surface area contributed by atoms with E-state index in [2.05, 4.69) is 58.0 Å². The van der Waals surface area contributed by atoms with Crippen molar-refractivity contribution in [3.05, 3.63) is 35.8 Å². The molecular weight excluding hydrogens is 274 g/mol. The maximum Gasteiger partial charge on any atom is 0.191 e. The molecule has 0 bridgehead atoms. The Hall–Kier alpha value is -2.04. The summed E-state index contributed by atoms with van der Waals surface area (Å²) in [6.07, 6.45) is 4.45. The van der Waals surface area contributed by atoms with Gasteiger partial charge in [-0.05, 0) is 25.0 Å². The van der Waals surface area contributed by atoms with Crippen molar-refractivity contribution in [1.29, 1.82) is 0 Å². The molecule has 0 aliphatic heterocycles. The number of nitrogens with zero attached hydrogens (tertiary/aromatic N) is 3. The van der Waals surface area contributed by atoms with Crippen LogP contribution in [-0.4, -0.2) is 28.9 Å². The number of aliphatic imine (C=N–C) groups is 1. The zero-order chi connectivity index (χ0) is 15.9. The molecule has 5 heteroatoms. The highest BCUT2D eigenvalue weighted by Crippen LogP contribution is 2.08. The standard InChI is InChI=1S/C17H27N5/c1-5-14(6-2)10-19-17(18-4)20-11-15-12-22-13(3)8-7-9-16(22)21-15/h7-9,12,14H,5-6,10-11H2,1-4H3,(H2,18,19,20). The van der Waals surface area contributed by atoms with Crippen LogP contribution in [0.4, 0.5) is 0 Å². The summed E-state index contributed by atoms with van der Waals surface area (Å²) in [6.45, 7) is 8.17. The van der Waals surface area contributed by atoms with Crippen LogP contribution in [0.2, 0.25) is 0 Å². The molecule has 0 spiro atoms. The monoisotopic (exact) mass is 301 g/mol. The molecule has 0 aliphatic carbocycles. The second-order valence-corrected chi connectivity index (χ2v) is 5.62.